The van der Waals surface area contributed by atoms with E-state index in [9.17, 15) is 9.59 Å². The molecule has 3 rings (SSSR count). The van der Waals surface area contributed by atoms with Gasteiger partial charge in [0.25, 0.3) is 0 Å². The van der Waals surface area contributed by atoms with Crippen molar-refractivity contribution in [3.8, 4) is 0 Å². The lowest BCUT2D eigenvalue weighted by atomic mass is 10.1. The average molecular weight is 346 g/mol. The van der Waals surface area contributed by atoms with Crippen molar-refractivity contribution >= 4 is 17.6 Å². The molecule has 1 aromatic rings. The predicted octanol–water partition coefficient (Wildman–Crippen LogP) is 0.841. The number of nitrogens with one attached hydrogen (secondary N) is 2. The summed E-state index contributed by atoms with van der Waals surface area (Å²) in [6.45, 7) is 3.41. The molecular formula is C18H26N4O3. The van der Waals surface area contributed by atoms with Crippen molar-refractivity contribution in [2.24, 2.45) is 5.92 Å². The smallest absolute Gasteiger partial charge is 0.239 e. The molecule has 1 aliphatic heterocycles. The molecule has 2 N–H and O–H groups in total. The van der Waals surface area contributed by atoms with Crippen molar-refractivity contribution in [2.45, 2.75) is 32.2 Å². The van der Waals surface area contributed by atoms with Crippen LogP contribution in [-0.2, 0) is 20.9 Å². The molecule has 2 aliphatic rings. The van der Waals surface area contributed by atoms with Gasteiger partial charge in [-0.2, -0.15) is 0 Å². The van der Waals surface area contributed by atoms with E-state index in [-0.39, 0.29) is 24.3 Å². The van der Waals surface area contributed by atoms with Crippen molar-refractivity contribution in [3.05, 3.63) is 23.9 Å². The van der Waals surface area contributed by atoms with Gasteiger partial charge in [-0.25, -0.2) is 4.98 Å². The van der Waals surface area contributed by atoms with Crippen molar-refractivity contribution in [3.63, 3.8) is 0 Å². The van der Waals surface area contributed by atoms with Gasteiger partial charge in [-0.05, 0) is 18.9 Å². The van der Waals surface area contributed by atoms with E-state index in [1.54, 1.807) is 6.20 Å². The van der Waals surface area contributed by atoms with Gasteiger partial charge in [-0.3, -0.25) is 9.59 Å². The summed E-state index contributed by atoms with van der Waals surface area (Å²) in [6.07, 6.45) is 5.85. The highest BCUT2D eigenvalue weighted by atomic mass is 16.5. The van der Waals surface area contributed by atoms with Crippen LogP contribution < -0.4 is 15.5 Å². The Morgan fingerprint density at radius 1 is 1.20 bits per heavy atom. The molecule has 7 heteroatoms. The second-order valence-corrected chi connectivity index (χ2v) is 6.56. The topological polar surface area (TPSA) is 83.6 Å². The highest BCUT2D eigenvalue weighted by molar-refractivity contribution is 5.85. The molecule has 1 aromatic heterocycles. The van der Waals surface area contributed by atoms with E-state index in [4.69, 9.17) is 4.74 Å². The second kappa shape index (κ2) is 8.80. The first-order chi connectivity index (χ1) is 12.2. The maximum atomic E-state index is 12.0. The van der Waals surface area contributed by atoms with Crippen molar-refractivity contribution in [1.29, 1.82) is 0 Å². The van der Waals surface area contributed by atoms with Crippen LogP contribution in [0.2, 0.25) is 0 Å². The summed E-state index contributed by atoms with van der Waals surface area (Å²) in [7, 11) is 0. The largest absolute Gasteiger partial charge is 0.378 e. The predicted molar refractivity (Wildman–Crippen MR) is 94.1 cm³/mol. The number of carbonyl (C=O) groups is 2. The maximum absolute atomic E-state index is 12.0. The average Bonchev–Trinajstić information content (AvgIpc) is 3.20. The van der Waals surface area contributed by atoms with Gasteiger partial charge >= 0.3 is 0 Å². The van der Waals surface area contributed by atoms with E-state index in [1.165, 1.54) is 0 Å². The fourth-order valence-corrected chi connectivity index (χ4v) is 3.38. The Morgan fingerprint density at radius 3 is 2.72 bits per heavy atom. The number of hydrogen-bond donors (Lipinski definition) is 2. The zero-order valence-electron chi connectivity index (χ0n) is 14.5. The summed E-state index contributed by atoms with van der Waals surface area (Å²) >= 11 is 0. The van der Waals surface area contributed by atoms with Gasteiger partial charge in [-0.1, -0.05) is 18.9 Å². The highest BCUT2D eigenvalue weighted by Gasteiger charge is 2.22. The van der Waals surface area contributed by atoms with Crippen molar-refractivity contribution < 1.29 is 14.3 Å². The highest BCUT2D eigenvalue weighted by Crippen LogP contribution is 2.24. The first kappa shape index (κ1) is 17.7. The number of hydrogen-bond acceptors (Lipinski definition) is 5. The standard InChI is InChI=1S/C18H26N4O3/c23-16(13-21-18(24)14-4-1-2-5-14)20-12-15-6-3-7-19-17(15)22-8-10-25-11-9-22/h3,6-7,14H,1-2,4-5,8-13H2,(H,20,23)(H,21,24). The number of nitrogens with zero attached hydrogens (tertiary/aromatic N) is 2. The van der Waals surface area contributed by atoms with E-state index >= 15 is 0 Å². The third kappa shape index (κ3) is 4.92. The van der Waals surface area contributed by atoms with Gasteiger partial charge in [-0.15, -0.1) is 0 Å². The number of anilines is 1. The molecule has 1 saturated heterocycles. The molecule has 2 heterocycles. The lowest BCUT2D eigenvalue weighted by molar-refractivity contribution is -0.128. The van der Waals surface area contributed by atoms with Crippen LogP contribution in [0.4, 0.5) is 5.82 Å². The summed E-state index contributed by atoms with van der Waals surface area (Å²) in [5, 5.41) is 5.62. The first-order valence-corrected chi connectivity index (χ1v) is 9.05. The Bertz CT molecular complexity index is 596. The van der Waals surface area contributed by atoms with Gasteiger partial charge in [0.15, 0.2) is 0 Å². The Kier molecular flexibility index (Phi) is 6.22. The lowest BCUT2D eigenvalue weighted by Crippen LogP contribution is -2.40. The summed E-state index contributed by atoms with van der Waals surface area (Å²) in [4.78, 5) is 30.6. The number of amides is 2. The fraction of sp³-hybridized carbons (Fsp3) is 0.611. The van der Waals surface area contributed by atoms with Crippen LogP contribution in [0.5, 0.6) is 0 Å². The summed E-state index contributed by atoms with van der Waals surface area (Å²) in [6, 6.07) is 3.84. The monoisotopic (exact) mass is 346 g/mol. The third-order valence-electron chi connectivity index (χ3n) is 4.80. The fourth-order valence-electron chi connectivity index (χ4n) is 3.38. The van der Waals surface area contributed by atoms with E-state index in [2.05, 4.69) is 20.5 Å². The van der Waals surface area contributed by atoms with Crippen LogP contribution in [0.3, 0.4) is 0 Å². The van der Waals surface area contributed by atoms with Crippen molar-refractivity contribution in [2.75, 3.05) is 37.7 Å². The molecule has 7 nitrogen and oxygen atoms in total. The van der Waals surface area contributed by atoms with E-state index < -0.39 is 0 Å². The minimum Gasteiger partial charge on any atom is -0.378 e. The number of rotatable bonds is 6. The number of aromatic nitrogens is 1. The minimum absolute atomic E-state index is 0.00281. The van der Waals surface area contributed by atoms with E-state index in [0.29, 0.717) is 19.8 Å². The second-order valence-electron chi connectivity index (χ2n) is 6.56. The Hall–Kier alpha value is -2.15. The maximum Gasteiger partial charge on any atom is 0.239 e. The first-order valence-electron chi connectivity index (χ1n) is 9.05. The lowest BCUT2D eigenvalue weighted by Gasteiger charge is -2.29. The van der Waals surface area contributed by atoms with E-state index in [0.717, 1.165) is 50.2 Å². The van der Waals surface area contributed by atoms with Gasteiger partial charge in [0.2, 0.25) is 11.8 Å². The summed E-state index contributed by atoms with van der Waals surface area (Å²) in [5.41, 5.74) is 0.972. The zero-order chi connectivity index (χ0) is 17.5. The van der Waals surface area contributed by atoms with Crippen LogP contribution >= 0.6 is 0 Å². The molecule has 0 spiro atoms. The molecule has 0 bridgehead atoms. The third-order valence-corrected chi connectivity index (χ3v) is 4.80. The molecule has 1 aliphatic carbocycles. The number of carbonyl (C=O) groups excluding carboxylic acids is 2. The Morgan fingerprint density at radius 2 is 1.96 bits per heavy atom. The van der Waals surface area contributed by atoms with Gasteiger partial charge < -0.3 is 20.3 Å². The zero-order valence-corrected chi connectivity index (χ0v) is 14.5. The van der Waals surface area contributed by atoms with Crippen LogP contribution in [0.1, 0.15) is 31.2 Å². The van der Waals surface area contributed by atoms with Gasteiger partial charge in [0.05, 0.1) is 19.8 Å². The molecule has 0 unspecified atom stereocenters. The normalized spacial score (nSPS) is 18.2. The van der Waals surface area contributed by atoms with Crippen LogP contribution in [0.15, 0.2) is 18.3 Å². The van der Waals surface area contributed by atoms with Crippen LogP contribution in [0, 0.1) is 5.92 Å². The SMILES string of the molecule is O=C(CNC(=O)C1CCCC1)NCc1cccnc1N1CCOCC1. The number of morpholine rings is 1. The molecular weight excluding hydrogens is 320 g/mol. The van der Waals surface area contributed by atoms with E-state index in [1.807, 2.05) is 12.1 Å². The van der Waals surface area contributed by atoms with Crippen LogP contribution in [-0.4, -0.2) is 49.6 Å². The number of ether oxygens (including phenoxy) is 1. The summed E-state index contributed by atoms with van der Waals surface area (Å²) in [5.74, 6) is 0.797. The molecule has 0 atom stereocenters. The quantitative estimate of drug-likeness (QED) is 0.798. The molecule has 0 aromatic carbocycles. The van der Waals surface area contributed by atoms with Gasteiger partial charge in [0.1, 0.15) is 5.82 Å². The molecule has 25 heavy (non-hydrogen) atoms. The molecule has 136 valence electrons. The molecule has 1 saturated carbocycles. The Labute approximate surface area is 148 Å². The molecule has 2 amide bonds. The minimum atomic E-state index is -0.178. The number of pyridine rings is 1. The van der Waals surface area contributed by atoms with Crippen LogP contribution in [0.25, 0.3) is 0 Å². The summed E-state index contributed by atoms with van der Waals surface area (Å²) < 4.78 is 5.38. The van der Waals surface area contributed by atoms with Gasteiger partial charge in [0, 0.05) is 37.3 Å². The Balaban J connectivity index is 1.47. The molecule has 2 fully saturated rings. The molecule has 0 radical (unpaired) electrons. The van der Waals surface area contributed by atoms with Crippen molar-refractivity contribution in [1.82, 2.24) is 15.6 Å².